The molecule has 0 heterocycles. The van der Waals surface area contributed by atoms with Crippen molar-refractivity contribution in [2.75, 3.05) is 25.5 Å². The Labute approximate surface area is 150 Å². The molecule has 1 N–H and O–H groups in total. The lowest BCUT2D eigenvalue weighted by atomic mass is 10.1. The zero-order chi connectivity index (χ0) is 19.1. The van der Waals surface area contributed by atoms with Crippen molar-refractivity contribution in [1.29, 1.82) is 0 Å². The summed E-state index contributed by atoms with van der Waals surface area (Å²) in [6, 6.07) is 9.50. The van der Waals surface area contributed by atoms with Crippen molar-refractivity contribution in [3.63, 3.8) is 0 Å². The van der Waals surface area contributed by atoms with Crippen LogP contribution in [-0.2, 0) is 4.79 Å². The fourth-order valence-electron chi connectivity index (χ4n) is 2.47. The lowest BCUT2D eigenvalue weighted by Crippen LogP contribution is -2.39. The molecular weight excluding hydrogens is 342 g/mol. The van der Waals surface area contributed by atoms with Crippen LogP contribution in [-0.4, -0.2) is 36.9 Å². The summed E-state index contributed by atoms with van der Waals surface area (Å²) in [6.07, 6.45) is 0.560. The molecule has 7 heteroatoms. The Morgan fingerprint density at radius 1 is 1.15 bits per heavy atom. The van der Waals surface area contributed by atoms with Gasteiger partial charge in [0, 0.05) is 6.54 Å². The fraction of sp³-hybridized carbons (Fsp3) is 0.263. The highest BCUT2D eigenvalue weighted by atomic mass is 19.1. The average Bonchev–Trinajstić information content (AvgIpc) is 2.63. The van der Waals surface area contributed by atoms with E-state index in [1.54, 1.807) is 24.3 Å². The number of anilines is 1. The van der Waals surface area contributed by atoms with Crippen LogP contribution in [0.1, 0.15) is 23.7 Å². The molecule has 0 spiro atoms. The third kappa shape index (κ3) is 4.78. The zero-order valence-corrected chi connectivity index (χ0v) is 14.6. The van der Waals surface area contributed by atoms with Crippen molar-refractivity contribution >= 4 is 17.5 Å². The van der Waals surface area contributed by atoms with Gasteiger partial charge in [-0.05, 0) is 36.8 Å². The van der Waals surface area contributed by atoms with E-state index in [1.165, 1.54) is 12.0 Å². The van der Waals surface area contributed by atoms with Gasteiger partial charge in [-0.25, -0.2) is 8.78 Å². The van der Waals surface area contributed by atoms with Gasteiger partial charge in [-0.1, -0.05) is 19.1 Å². The second-order valence-corrected chi connectivity index (χ2v) is 5.60. The molecule has 138 valence electrons. The number of ether oxygens (including phenoxy) is 1. The second kappa shape index (κ2) is 8.94. The summed E-state index contributed by atoms with van der Waals surface area (Å²) in [5, 5.41) is 2.66. The maximum Gasteiger partial charge on any atom is 0.257 e. The highest BCUT2D eigenvalue weighted by Crippen LogP contribution is 2.23. The molecule has 0 atom stereocenters. The molecule has 0 aliphatic carbocycles. The fourth-order valence-corrected chi connectivity index (χ4v) is 2.47. The molecule has 0 fully saturated rings. The van der Waals surface area contributed by atoms with E-state index in [0.29, 0.717) is 17.9 Å². The third-order valence-electron chi connectivity index (χ3n) is 3.66. The van der Waals surface area contributed by atoms with E-state index in [2.05, 4.69) is 5.32 Å². The first-order valence-electron chi connectivity index (χ1n) is 8.13. The monoisotopic (exact) mass is 362 g/mol. The quantitative estimate of drug-likeness (QED) is 0.821. The summed E-state index contributed by atoms with van der Waals surface area (Å²) < 4.78 is 32.4. The van der Waals surface area contributed by atoms with Crippen molar-refractivity contribution in [3.05, 3.63) is 59.7 Å². The van der Waals surface area contributed by atoms with Gasteiger partial charge in [-0.3, -0.25) is 9.59 Å². The number of nitrogens with one attached hydrogen (secondary N) is 1. The SMILES string of the molecule is CCCN(CC(=O)Nc1ccccc1OC)C(=O)c1cc(F)ccc1F. The first-order valence-corrected chi connectivity index (χ1v) is 8.13. The van der Waals surface area contributed by atoms with E-state index >= 15 is 0 Å². The van der Waals surface area contributed by atoms with E-state index < -0.39 is 29.0 Å². The molecule has 0 radical (unpaired) electrons. The lowest BCUT2D eigenvalue weighted by Gasteiger charge is -2.22. The van der Waals surface area contributed by atoms with Gasteiger partial charge < -0.3 is 15.0 Å². The van der Waals surface area contributed by atoms with Crippen LogP contribution in [0.2, 0.25) is 0 Å². The Morgan fingerprint density at radius 3 is 2.58 bits per heavy atom. The summed E-state index contributed by atoms with van der Waals surface area (Å²) in [5.74, 6) is -2.27. The largest absolute Gasteiger partial charge is 0.495 e. The van der Waals surface area contributed by atoms with E-state index in [9.17, 15) is 18.4 Å². The van der Waals surface area contributed by atoms with Crippen molar-refractivity contribution in [2.45, 2.75) is 13.3 Å². The van der Waals surface area contributed by atoms with Crippen LogP contribution in [0.3, 0.4) is 0 Å². The first kappa shape index (κ1) is 19.4. The van der Waals surface area contributed by atoms with Gasteiger partial charge in [0.15, 0.2) is 0 Å². The van der Waals surface area contributed by atoms with Crippen molar-refractivity contribution < 1.29 is 23.1 Å². The van der Waals surface area contributed by atoms with E-state index in [1.807, 2.05) is 6.92 Å². The Morgan fingerprint density at radius 2 is 1.88 bits per heavy atom. The zero-order valence-electron chi connectivity index (χ0n) is 14.6. The molecule has 5 nitrogen and oxygen atoms in total. The van der Waals surface area contributed by atoms with Gasteiger partial charge in [0.25, 0.3) is 5.91 Å². The van der Waals surface area contributed by atoms with Crippen LogP contribution in [0, 0.1) is 11.6 Å². The second-order valence-electron chi connectivity index (χ2n) is 5.60. The molecule has 2 aromatic carbocycles. The highest BCUT2D eigenvalue weighted by Gasteiger charge is 2.22. The van der Waals surface area contributed by atoms with Crippen molar-refractivity contribution in [3.8, 4) is 5.75 Å². The van der Waals surface area contributed by atoms with Crippen LogP contribution in [0.15, 0.2) is 42.5 Å². The van der Waals surface area contributed by atoms with E-state index in [-0.39, 0.29) is 13.1 Å². The number of amides is 2. The Kier molecular flexibility index (Phi) is 6.66. The number of rotatable bonds is 7. The average molecular weight is 362 g/mol. The predicted molar refractivity (Wildman–Crippen MR) is 94.2 cm³/mol. The minimum atomic E-state index is -0.831. The number of para-hydroxylation sites is 2. The number of hydrogen-bond donors (Lipinski definition) is 1. The molecular formula is C19H20F2N2O3. The molecule has 2 rings (SSSR count). The van der Waals surface area contributed by atoms with E-state index in [4.69, 9.17) is 4.74 Å². The number of carbonyl (C=O) groups is 2. The molecule has 0 unspecified atom stereocenters. The number of nitrogens with zero attached hydrogens (tertiary/aromatic N) is 1. The molecule has 0 bridgehead atoms. The summed E-state index contributed by atoms with van der Waals surface area (Å²) in [6.45, 7) is 1.76. The molecule has 0 aromatic heterocycles. The molecule has 0 aliphatic rings. The first-order chi connectivity index (χ1) is 12.5. The van der Waals surface area contributed by atoms with Gasteiger partial charge in [-0.15, -0.1) is 0 Å². The maximum absolute atomic E-state index is 13.9. The summed E-state index contributed by atoms with van der Waals surface area (Å²) in [4.78, 5) is 26.0. The smallest absolute Gasteiger partial charge is 0.257 e. The van der Waals surface area contributed by atoms with Crippen molar-refractivity contribution in [2.24, 2.45) is 0 Å². The molecule has 0 aliphatic heterocycles. The molecule has 2 aromatic rings. The third-order valence-corrected chi connectivity index (χ3v) is 3.66. The van der Waals surface area contributed by atoms with Gasteiger partial charge in [-0.2, -0.15) is 0 Å². The normalized spacial score (nSPS) is 10.3. The number of methoxy groups -OCH3 is 1. The van der Waals surface area contributed by atoms with Crippen LogP contribution < -0.4 is 10.1 Å². The maximum atomic E-state index is 13.9. The standard InChI is InChI=1S/C19H20F2N2O3/c1-3-10-23(19(25)14-11-13(20)8-9-15(14)21)12-18(24)22-16-6-4-5-7-17(16)26-2/h4-9,11H,3,10,12H2,1-2H3,(H,22,24). The lowest BCUT2D eigenvalue weighted by molar-refractivity contribution is -0.116. The Balaban J connectivity index is 2.15. The molecule has 0 saturated carbocycles. The number of halogens is 2. The van der Waals surface area contributed by atoms with Crippen LogP contribution in [0.25, 0.3) is 0 Å². The molecule has 26 heavy (non-hydrogen) atoms. The van der Waals surface area contributed by atoms with Crippen molar-refractivity contribution in [1.82, 2.24) is 4.90 Å². The summed E-state index contributed by atoms with van der Waals surface area (Å²) in [7, 11) is 1.48. The van der Waals surface area contributed by atoms with Gasteiger partial charge in [0.05, 0.1) is 18.4 Å². The Bertz CT molecular complexity index is 796. The number of benzene rings is 2. The highest BCUT2D eigenvalue weighted by molar-refractivity contribution is 6.00. The van der Waals surface area contributed by atoms with Crippen LogP contribution in [0.5, 0.6) is 5.75 Å². The van der Waals surface area contributed by atoms with Crippen LogP contribution in [0.4, 0.5) is 14.5 Å². The molecule has 2 amide bonds. The Hall–Kier alpha value is -2.96. The van der Waals surface area contributed by atoms with Crippen LogP contribution >= 0.6 is 0 Å². The number of hydrogen-bond acceptors (Lipinski definition) is 3. The summed E-state index contributed by atoms with van der Waals surface area (Å²) >= 11 is 0. The van der Waals surface area contributed by atoms with Gasteiger partial charge in [0.2, 0.25) is 5.91 Å². The summed E-state index contributed by atoms with van der Waals surface area (Å²) in [5.41, 5.74) is 0.0596. The minimum Gasteiger partial charge on any atom is -0.495 e. The number of carbonyl (C=O) groups excluding carboxylic acids is 2. The van der Waals surface area contributed by atoms with E-state index in [0.717, 1.165) is 18.2 Å². The molecule has 0 saturated heterocycles. The van der Waals surface area contributed by atoms with Gasteiger partial charge >= 0.3 is 0 Å². The minimum absolute atomic E-state index is 0.230. The predicted octanol–water partition coefficient (Wildman–Crippen LogP) is 3.46. The van der Waals surface area contributed by atoms with Gasteiger partial charge in [0.1, 0.15) is 23.9 Å². The topological polar surface area (TPSA) is 58.6 Å².